The fourth-order valence-corrected chi connectivity index (χ4v) is 4.64. The largest absolute Gasteiger partial charge is 0.267 e. The molecule has 2 aliphatic carbocycles. The zero-order valence-corrected chi connectivity index (χ0v) is 12.8. The molecule has 0 bridgehead atoms. The fourth-order valence-electron chi connectivity index (χ4n) is 1.88. The van der Waals surface area contributed by atoms with E-state index in [1.807, 2.05) is 0 Å². The molecule has 0 unspecified atom stereocenters. The minimum Gasteiger partial charge on any atom is -0.267 e. The lowest BCUT2D eigenvalue weighted by Crippen LogP contribution is -2.40. The molecular weight excluding hydrogens is 259 g/mol. The van der Waals surface area contributed by atoms with Crippen LogP contribution in [0, 0.1) is 0 Å². The Morgan fingerprint density at radius 1 is 0.833 bits per heavy atom. The van der Waals surface area contributed by atoms with E-state index in [0.717, 1.165) is 0 Å². The third kappa shape index (κ3) is 3.10. The van der Waals surface area contributed by atoms with E-state index in [4.69, 9.17) is 11.8 Å². The van der Waals surface area contributed by atoms with Crippen LogP contribution in [0.15, 0.2) is 48.6 Å². The molecule has 0 saturated heterocycles. The zero-order chi connectivity index (χ0) is 13.2. The summed E-state index contributed by atoms with van der Waals surface area (Å²) in [6, 6.07) is 0.522. The lowest BCUT2D eigenvalue weighted by molar-refractivity contribution is 0.723. The van der Waals surface area contributed by atoms with Gasteiger partial charge in [-0.25, -0.2) is 0 Å². The van der Waals surface area contributed by atoms with Gasteiger partial charge in [-0.2, -0.15) is 0 Å². The second-order valence-electron chi connectivity index (χ2n) is 5.63. The number of nitrogens with one attached hydrogen (secondary N) is 2. The number of allylic oxidation sites excluding steroid dienone is 4. The molecule has 0 spiro atoms. The van der Waals surface area contributed by atoms with Gasteiger partial charge in [0.1, 0.15) is 0 Å². The third-order valence-electron chi connectivity index (χ3n) is 3.10. The first-order valence-electron chi connectivity index (χ1n) is 6.26. The SMILES string of the molecule is CC(C)(C)P(=S)(NC1C=CC=C1)NC1C=CC=C1. The minimum absolute atomic E-state index is 0.0386. The first-order valence-corrected chi connectivity index (χ1v) is 9.07. The first-order chi connectivity index (χ1) is 8.41. The zero-order valence-electron chi connectivity index (χ0n) is 11.1. The number of hydrogen-bond acceptors (Lipinski definition) is 1. The van der Waals surface area contributed by atoms with Crippen LogP contribution in [0.4, 0.5) is 0 Å². The van der Waals surface area contributed by atoms with E-state index in [1.165, 1.54) is 0 Å². The van der Waals surface area contributed by atoms with Crippen molar-refractivity contribution in [2.24, 2.45) is 0 Å². The molecule has 0 aromatic carbocycles. The number of hydrogen-bond donors (Lipinski definition) is 2. The lowest BCUT2D eigenvalue weighted by atomic mass is 10.3. The fraction of sp³-hybridized carbons (Fsp3) is 0.429. The first kappa shape index (κ1) is 14.0. The van der Waals surface area contributed by atoms with Crippen LogP contribution >= 0.6 is 6.34 Å². The van der Waals surface area contributed by atoms with E-state index in [1.54, 1.807) is 0 Å². The van der Waals surface area contributed by atoms with E-state index >= 15 is 0 Å². The summed E-state index contributed by atoms with van der Waals surface area (Å²) in [7, 11) is 0. The molecule has 0 aromatic rings. The van der Waals surface area contributed by atoms with E-state index in [-0.39, 0.29) is 17.2 Å². The van der Waals surface area contributed by atoms with Gasteiger partial charge in [0.2, 0.25) is 0 Å². The summed E-state index contributed by atoms with van der Waals surface area (Å²) in [5.41, 5.74) is 0. The summed E-state index contributed by atoms with van der Waals surface area (Å²) in [5, 5.41) is 7.30. The van der Waals surface area contributed by atoms with Crippen LogP contribution in [-0.4, -0.2) is 17.2 Å². The van der Waals surface area contributed by atoms with E-state index in [0.29, 0.717) is 0 Å². The molecular formula is C14H21N2PS. The van der Waals surface area contributed by atoms with Crippen molar-refractivity contribution in [2.75, 3.05) is 0 Å². The molecule has 2 aliphatic rings. The maximum absolute atomic E-state index is 5.97. The van der Waals surface area contributed by atoms with Gasteiger partial charge in [-0.3, -0.25) is 10.2 Å². The van der Waals surface area contributed by atoms with Crippen LogP contribution in [0.1, 0.15) is 20.8 Å². The van der Waals surface area contributed by atoms with Crippen LogP contribution in [0.5, 0.6) is 0 Å². The van der Waals surface area contributed by atoms with Crippen LogP contribution < -0.4 is 10.2 Å². The standard InChI is InChI=1S/C14H21N2PS/c1-14(2,3)17(18,15-12-8-4-5-9-12)16-13-10-6-7-11-13/h4-13H,1-3H3,(H2,15,16,18). The summed E-state index contributed by atoms with van der Waals surface area (Å²) in [4.78, 5) is 0. The lowest BCUT2D eigenvalue weighted by Gasteiger charge is -2.39. The summed E-state index contributed by atoms with van der Waals surface area (Å²) in [6.45, 7) is 6.62. The van der Waals surface area contributed by atoms with Crippen LogP contribution in [0.25, 0.3) is 0 Å². The Balaban J connectivity index is 2.14. The molecule has 0 heterocycles. The quantitative estimate of drug-likeness (QED) is 0.773. The Hall–Kier alpha value is -0.470. The maximum atomic E-state index is 5.97. The Morgan fingerprint density at radius 2 is 1.17 bits per heavy atom. The molecule has 2 nitrogen and oxygen atoms in total. The predicted molar refractivity (Wildman–Crippen MR) is 84.4 cm³/mol. The van der Waals surface area contributed by atoms with Gasteiger partial charge in [0.25, 0.3) is 0 Å². The summed E-state index contributed by atoms with van der Waals surface area (Å²) in [5.74, 6) is 0. The van der Waals surface area contributed by atoms with Crippen molar-refractivity contribution in [2.45, 2.75) is 38.0 Å². The summed E-state index contributed by atoms with van der Waals surface area (Å²) >= 11 is 5.97. The molecule has 18 heavy (non-hydrogen) atoms. The topological polar surface area (TPSA) is 24.1 Å². The van der Waals surface area contributed by atoms with Gasteiger partial charge in [0.15, 0.2) is 0 Å². The molecule has 0 aliphatic heterocycles. The van der Waals surface area contributed by atoms with Crippen LogP contribution in [0.2, 0.25) is 0 Å². The van der Waals surface area contributed by atoms with E-state index < -0.39 is 6.34 Å². The van der Waals surface area contributed by atoms with Crippen molar-refractivity contribution in [1.29, 1.82) is 0 Å². The van der Waals surface area contributed by atoms with Crippen molar-refractivity contribution < 1.29 is 0 Å². The maximum Gasteiger partial charge on any atom is 0.0790 e. The monoisotopic (exact) mass is 280 g/mol. The van der Waals surface area contributed by atoms with Crippen molar-refractivity contribution in [3.63, 3.8) is 0 Å². The van der Waals surface area contributed by atoms with Crippen LogP contribution in [0.3, 0.4) is 0 Å². The van der Waals surface area contributed by atoms with Gasteiger partial charge in [-0.05, 0) is 0 Å². The molecule has 0 saturated carbocycles. The smallest absolute Gasteiger partial charge is 0.0790 e. The molecule has 0 atom stereocenters. The molecule has 4 heteroatoms. The Labute approximate surface area is 115 Å². The normalized spacial score (nSPS) is 20.4. The Morgan fingerprint density at radius 3 is 1.44 bits per heavy atom. The minimum atomic E-state index is -1.87. The Bertz CT molecular complexity index is 411. The molecule has 2 N–H and O–H groups in total. The van der Waals surface area contributed by atoms with Gasteiger partial charge < -0.3 is 0 Å². The summed E-state index contributed by atoms with van der Waals surface area (Å²) in [6.07, 6.45) is 15.0. The van der Waals surface area contributed by atoms with Crippen molar-refractivity contribution >= 4 is 18.1 Å². The number of rotatable bonds is 4. The molecule has 2 rings (SSSR count). The highest BCUT2D eigenvalue weighted by molar-refractivity contribution is 8.13. The summed E-state index contributed by atoms with van der Waals surface area (Å²) < 4.78 is 0. The van der Waals surface area contributed by atoms with Gasteiger partial charge in [0.05, 0.1) is 6.34 Å². The average Bonchev–Trinajstić information content (AvgIpc) is 2.88. The van der Waals surface area contributed by atoms with Gasteiger partial charge in [-0.1, -0.05) is 81.2 Å². The van der Waals surface area contributed by atoms with Crippen molar-refractivity contribution in [1.82, 2.24) is 10.2 Å². The van der Waals surface area contributed by atoms with Crippen molar-refractivity contribution in [3.05, 3.63) is 48.6 Å². The average molecular weight is 280 g/mol. The Kier molecular flexibility index (Phi) is 4.08. The van der Waals surface area contributed by atoms with Crippen molar-refractivity contribution in [3.8, 4) is 0 Å². The van der Waals surface area contributed by atoms with Gasteiger partial charge in [-0.15, -0.1) is 0 Å². The highest BCUT2D eigenvalue weighted by Crippen LogP contribution is 2.52. The molecule has 98 valence electrons. The second kappa shape index (κ2) is 5.26. The molecule has 0 amide bonds. The highest BCUT2D eigenvalue weighted by atomic mass is 32.4. The molecule has 0 aromatic heterocycles. The molecule has 0 radical (unpaired) electrons. The van der Waals surface area contributed by atoms with Gasteiger partial charge >= 0.3 is 0 Å². The molecule has 0 fully saturated rings. The van der Waals surface area contributed by atoms with E-state index in [2.05, 4.69) is 79.6 Å². The van der Waals surface area contributed by atoms with Crippen LogP contribution in [-0.2, 0) is 11.8 Å². The predicted octanol–water partition coefficient (Wildman–Crippen LogP) is 3.26. The third-order valence-corrected chi connectivity index (χ3v) is 8.59. The highest BCUT2D eigenvalue weighted by Gasteiger charge is 2.34. The second-order valence-corrected chi connectivity index (χ2v) is 10.3. The van der Waals surface area contributed by atoms with E-state index in [9.17, 15) is 0 Å². The van der Waals surface area contributed by atoms with Gasteiger partial charge in [0, 0.05) is 17.2 Å².